The monoisotopic (exact) mass is 262 g/mol. The number of likely N-dealkylation sites (N-methyl/N-ethyl adjacent to an activating group) is 1. The van der Waals surface area contributed by atoms with Gasteiger partial charge < -0.3 is 10.5 Å². The number of benzene rings is 1. The molecule has 0 saturated carbocycles. The van der Waals surface area contributed by atoms with E-state index < -0.39 is 0 Å². The van der Waals surface area contributed by atoms with E-state index >= 15 is 0 Å². The van der Waals surface area contributed by atoms with Crippen LogP contribution in [-0.2, 0) is 6.42 Å². The number of nitrogens with two attached hydrogens (primary N) is 1. The number of methoxy groups -OCH3 is 1. The lowest BCUT2D eigenvalue weighted by atomic mass is 9.83. The zero-order valence-corrected chi connectivity index (χ0v) is 12.4. The minimum absolute atomic E-state index is 0.126. The Balaban J connectivity index is 2.21. The maximum Gasteiger partial charge on any atom is 0.119 e. The zero-order valence-electron chi connectivity index (χ0n) is 12.4. The number of fused-ring (bicyclic) bond motifs is 1. The predicted octanol–water partition coefficient (Wildman–Crippen LogP) is 2.74. The molecule has 3 heteroatoms. The van der Waals surface area contributed by atoms with Gasteiger partial charge in [-0.3, -0.25) is 4.90 Å². The molecule has 0 radical (unpaired) electrons. The van der Waals surface area contributed by atoms with E-state index in [4.69, 9.17) is 10.5 Å². The van der Waals surface area contributed by atoms with Crippen molar-refractivity contribution in [2.45, 2.75) is 45.2 Å². The van der Waals surface area contributed by atoms with E-state index in [0.29, 0.717) is 6.04 Å². The van der Waals surface area contributed by atoms with Gasteiger partial charge in [0.05, 0.1) is 7.11 Å². The van der Waals surface area contributed by atoms with E-state index in [0.717, 1.165) is 31.7 Å². The van der Waals surface area contributed by atoms with Crippen molar-refractivity contribution in [3.63, 3.8) is 0 Å². The van der Waals surface area contributed by atoms with E-state index in [1.165, 1.54) is 17.5 Å². The summed E-state index contributed by atoms with van der Waals surface area (Å²) in [5.41, 5.74) is 9.16. The molecule has 0 aromatic heterocycles. The first kappa shape index (κ1) is 14.4. The fourth-order valence-corrected chi connectivity index (χ4v) is 3.20. The molecule has 3 nitrogen and oxygen atoms in total. The van der Waals surface area contributed by atoms with Gasteiger partial charge in [-0.05, 0) is 55.6 Å². The summed E-state index contributed by atoms with van der Waals surface area (Å²) in [4.78, 5) is 2.53. The van der Waals surface area contributed by atoms with Gasteiger partial charge in [-0.1, -0.05) is 19.9 Å². The van der Waals surface area contributed by atoms with Crippen LogP contribution in [0.15, 0.2) is 18.2 Å². The van der Waals surface area contributed by atoms with Crippen LogP contribution in [0.4, 0.5) is 0 Å². The molecule has 1 aliphatic rings. The van der Waals surface area contributed by atoms with Crippen molar-refractivity contribution in [1.82, 2.24) is 4.90 Å². The molecule has 1 aromatic carbocycles. The van der Waals surface area contributed by atoms with E-state index in [1.54, 1.807) is 7.11 Å². The third kappa shape index (κ3) is 2.93. The smallest absolute Gasteiger partial charge is 0.119 e. The molecule has 0 bridgehead atoms. The fraction of sp³-hybridized carbons (Fsp3) is 0.625. The van der Waals surface area contributed by atoms with Crippen LogP contribution in [0.3, 0.4) is 0 Å². The standard InChI is InChI=1S/C16H26N2O/c1-4-10-18(5-2)15-9-6-12-11-13(19-3)7-8-14(12)16(15)17/h7-8,11,15-16H,4-6,9-10,17H2,1-3H3. The molecule has 106 valence electrons. The second-order valence-corrected chi connectivity index (χ2v) is 5.33. The Hall–Kier alpha value is -1.06. The van der Waals surface area contributed by atoms with Gasteiger partial charge in [0.1, 0.15) is 5.75 Å². The normalized spacial score (nSPS) is 22.4. The van der Waals surface area contributed by atoms with Gasteiger partial charge in [0, 0.05) is 12.1 Å². The molecule has 0 fully saturated rings. The van der Waals surface area contributed by atoms with Crippen LogP contribution < -0.4 is 10.5 Å². The fourth-order valence-electron chi connectivity index (χ4n) is 3.20. The quantitative estimate of drug-likeness (QED) is 0.886. The largest absolute Gasteiger partial charge is 0.497 e. The Bertz CT molecular complexity index is 419. The van der Waals surface area contributed by atoms with E-state index in [-0.39, 0.29) is 6.04 Å². The molecule has 2 atom stereocenters. The Labute approximate surface area is 116 Å². The minimum atomic E-state index is 0.126. The van der Waals surface area contributed by atoms with Crippen molar-refractivity contribution in [2.75, 3.05) is 20.2 Å². The second kappa shape index (κ2) is 6.40. The van der Waals surface area contributed by atoms with Crippen molar-refractivity contribution < 1.29 is 4.74 Å². The first-order valence-corrected chi connectivity index (χ1v) is 7.37. The van der Waals surface area contributed by atoms with Gasteiger partial charge in [0.2, 0.25) is 0 Å². The third-order valence-electron chi connectivity index (χ3n) is 4.22. The lowest BCUT2D eigenvalue weighted by Gasteiger charge is -2.39. The van der Waals surface area contributed by atoms with Crippen molar-refractivity contribution in [3.8, 4) is 5.75 Å². The third-order valence-corrected chi connectivity index (χ3v) is 4.22. The number of hydrogen-bond acceptors (Lipinski definition) is 3. The maximum atomic E-state index is 6.51. The summed E-state index contributed by atoms with van der Waals surface area (Å²) in [7, 11) is 1.72. The molecule has 1 aliphatic carbocycles. The summed E-state index contributed by atoms with van der Waals surface area (Å²) in [6.07, 6.45) is 3.44. The summed E-state index contributed by atoms with van der Waals surface area (Å²) in [5.74, 6) is 0.935. The molecule has 0 saturated heterocycles. The van der Waals surface area contributed by atoms with Crippen LogP contribution in [0.5, 0.6) is 5.75 Å². The van der Waals surface area contributed by atoms with Crippen LogP contribution in [0.1, 0.15) is 43.9 Å². The number of hydrogen-bond donors (Lipinski definition) is 1. The second-order valence-electron chi connectivity index (χ2n) is 5.33. The highest BCUT2D eigenvalue weighted by Gasteiger charge is 2.30. The topological polar surface area (TPSA) is 38.5 Å². The first-order chi connectivity index (χ1) is 9.21. The SMILES string of the molecule is CCCN(CC)C1CCc2cc(OC)ccc2C1N. The van der Waals surface area contributed by atoms with Crippen LogP contribution in [0.2, 0.25) is 0 Å². The molecule has 0 aliphatic heterocycles. The molecular weight excluding hydrogens is 236 g/mol. The van der Waals surface area contributed by atoms with Gasteiger partial charge in [0.15, 0.2) is 0 Å². The predicted molar refractivity (Wildman–Crippen MR) is 79.6 cm³/mol. The molecule has 2 N–H and O–H groups in total. The van der Waals surface area contributed by atoms with Gasteiger partial charge in [0.25, 0.3) is 0 Å². The van der Waals surface area contributed by atoms with Crippen LogP contribution in [0.25, 0.3) is 0 Å². The molecule has 2 rings (SSSR count). The highest BCUT2D eigenvalue weighted by molar-refractivity contribution is 5.40. The average molecular weight is 262 g/mol. The number of ether oxygens (including phenoxy) is 1. The van der Waals surface area contributed by atoms with Crippen molar-refractivity contribution in [1.29, 1.82) is 0 Å². The van der Waals surface area contributed by atoms with Gasteiger partial charge in [-0.25, -0.2) is 0 Å². The number of rotatable bonds is 5. The zero-order chi connectivity index (χ0) is 13.8. The van der Waals surface area contributed by atoms with E-state index in [2.05, 4.69) is 30.9 Å². The van der Waals surface area contributed by atoms with Crippen LogP contribution >= 0.6 is 0 Å². The van der Waals surface area contributed by atoms with Crippen molar-refractivity contribution in [2.24, 2.45) is 5.73 Å². The minimum Gasteiger partial charge on any atom is -0.497 e. The van der Waals surface area contributed by atoms with Gasteiger partial charge >= 0.3 is 0 Å². The van der Waals surface area contributed by atoms with Crippen molar-refractivity contribution in [3.05, 3.63) is 29.3 Å². The number of aryl methyl sites for hydroxylation is 1. The summed E-state index contributed by atoms with van der Waals surface area (Å²) in [6, 6.07) is 6.91. The molecule has 19 heavy (non-hydrogen) atoms. The molecule has 0 heterocycles. The van der Waals surface area contributed by atoms with Crippen LogP contribution in [-0.4, -0.2) is 31.1 Å². The lowest BCUT2D eigenvalue weighted by Crippen LogP contribution is -2.45. The summed E-state index contributed by atoms with van der Waals surface area (Å²) >= 11 is 0. The van der Waals surface area contributed by atoms with Crippen LogP contribution in [0, 0.1) is 0 Å². The Morgan fingerprint density at radius 2 is 2.16 bits per heavy atom. The lowest BCUT2D eigenvalue weighted by molar-refractivity contribution is 0.163. The van der Waals surface area contributed by atoms with Gasteiger partial charge in [-0.2, -0.15) is 0 Å². The summed E-state index contributed by atoms with van der Waals surface area (Å²) in [5, 5.41) is 0. The highest BCUT2D eigenvalue weighted by Crippen LogP contribution is 2.33. The Morgan fingerprint density at radius 3 is 2.79 bits per heavy atom. The first-order valence-electron chi connectivity index (χ1n) is 7.37. The number of nitrogens with zero attached hydrogens (tertiary/aromatic N) is 1. The molecular formula is C16H26N2O. The van der Waals surface area contributed by atoms with E-state index in [1.807, 2.05) is 6.07 Å². The van der Waals surface area contributed by atoms with Crippen molar-refractivity contribution >= 4 is 0 Å². The summed E-state index contributed by atoms with van der Waals surface area (Å²) in [6.45, 7) is 6.68. The van der Waals surface area contributed by atoms with E-state index in [9.17, 15) is 0 Å². The molecule has 2 unspecified atom stereocenters. The van der Waals surface area contributed by atoms with Gasteiger partial charge in [-0.15, -0.1) is 0 Å². The average Bonchev–Trinajstić information content (AvgIpc) is 2.45. The molecule has 0 spiro atoms. The molecule has 0 amide bonds. The molecule has 1 aromatic rings. The Morgan fingerprint density at radius 1 is 1.37 bits per heavy atom. The summed E-state index contributed by atoms with van der Waals surface area (Å²) < 4.78 is 5.30. The highest BCUT2D eigenvalue weighted by atomic mass is 16.5. The maximum absolute atomic E-state index is 6.51. The Kier molecular flexibility index (Phi) is 4.83.